The minimum Gasteiger partial charge on any atom is -0.293 e. The van der Waals surface area contributed by atoms with Gasteiger partial charge < -0.3 is 0 Å². The molecule has 1 saturated heterocycles. The number of nitrogens with zero attached hydrogens (tertiary/aromatic N) is 1. The predicted molar refractivity (Wildman–Crippen MR) is 74.7 cm³/mol. The van der Waals surface area contributed by atoms with Crippen molar-refractivity contribution < 1.29 is 13.6 Å². The molecule has 2 rings (SSSR count). The van der Waals surface area contributed by atoms with Crippen molar-refractivity contribution in [1.29, 1.82) is 0 Å². The summed E-state index contributed by atoms with van der Waals surface area (Å²) in [5.41, 5.74) is 0.238. The van der Waals surface area contributed by atoms with E-state index in [9.17, 15) is 13.6 Å². The number of hydrogen-bond acceptors (Lipinski definition) is 2. The van der Waals surface area contributed by atoms with E-state index in [4.69, 9.17) is 0 Å². The molecule has 1 heterocycles. The summed E-state index contributed by atoms with van der Waals surface area (Å²) >= 11 is 0. The number of carbonyl (C=O) groups is 1. The molecule has 0 saturated carbocycles. The van der Waals surface area contributed by atoms with E-state index in [0.717, 1.165) is 25.2 Å². The van der Waals surface area contributed by atoms with Gasteiger partial charge >= 0.3 is 0 Å². The molecule has 110 valence electrons. The van der Waals surface area contributed by atoms with Crippen LogP contribution in [0.25, 0.3) is 0 Å². The van der Waals surface area contributed by atoms with Crippen molar-refractivity contribution in [3.63, 3.8) is 0 Å². The van der Waals surface area contributed by atoms with Gasteiger partial charge in [-0.1, -0.05) is 13.8 Å². The van der Waals surface area contributed by atoms with Gasteiger partial charge in [0.05, 0.1) is 6.04 Å². The highest BCUT2D eigenvalue weighted by atomic mass is 19.2. The number of piperidine rings is 1. The molecule has 2 nitrogen and oxygen atoms in total. The second-order valence-electron chi connectivity index (χ2n) is 6.07. The zero-order valence-corrected chi connectivity index (χ0v) is 12.2. The average molecular weight is 281 g/mol. The summed E-state index contributed by atoms with van der Waals surface area (Å²) in [6.07, 6.45) is 1.17. The van der Waals surface area contributed by atoms with Crippen molar-refractivity contribution in [3.05, 3.63) is 35.4 Å². The third-order valence-electron chi connectivity index (χ3n) is 4.03. The molecule has 0 aromatic heterocycles. The lowest BCUT2D eigenvalue weighted by Crippen LogP contribution is -2.47. The first-order valence-electron chi connectivity index (χ1n) is 7.11. The zero-order chi connectivity index (χ0) is 14.9. The first-order valence-corrected chi connectivity index (χ1v) is 7.11. The van der Waals surface area contributed by atoms with Crippen LogP contribution >= 0.6 is 0 Å². The summed E-state index contributed by atoms with van der Waals surface area (Å²) in [7, 11) is 0. The summed E-state index contributed by atoms with van der Waals surface area (Å²) < 4.78 is 26.2. The van der Waals surface area contributed by atoms with Crippen molar-refractivity contribution in [2.45, 2.75) is 33.2 Å². The molecule has 4 heteroatoms. The van der Waals surface area contributed by atoms with Gasteiger partial charge in [0.25, 0.3) is 0 Å². The summed E-state index contributed by atoms with van der Waals surface area (Å²) in [4.78, 5) is 14.5. The lowest BCUT2D eigenvalue weighted by atomic mass is 9.90. The van der Waals surface area contributed by atoms with Gasteiger partial charge in [0, 0.05) is 18.7 Å². The van der Waals surface area contributed by atoms with Gasteiger partial charge in [0.2, 0.25) is 0 Å². The Balaban J connectivity index is 2.13. The van der Waals surface area contributed by atoms with Gasteiger partial charge in [-0.15, -0.1) is 0 Å². The molecule has 3 atom stereocenters. The number of Topliss-reactive ketones (excluding diaryl/α,β-unsaturated/α-hetero) is 1. The number of halogens is 2. The first kappa shape index (κ1) is 15.1. The van der Waals surface area contributed by atoms with Gasteiger partial charge in [-0.2, -0.15) is 0 Å². The Morgan fingerprint density at radius 1 is 1.20 bits per heavy atom. The van der Waals surface area contributed by atoms with E-state index in [-0.39, 0.29) is 17.4 Å². The molecule has 0 aliphatic carbocycles. The van der Waals surface area contributed by atoms with E-state index in [1.807, 2.05) is 6.92 Å². The SMILES string of the molecule is CC1CC(C)CN(C(C)C(=O)c2ccc(F)c(F)c2)C1. The molecule has 3 unspecified atom stereocenters. The molecule has 0 spiro atoms. The van der Waals surface area contributed by atoms with E-state index < -0.39 is 11.6 Å². The molecular formula is C16H21F2NO. The molecule has 1 fully saturated rings. The monoisotopic (exact) mass is 281 g/mol. The third kappa shape index (κ3) is 3.23. The fourth-order valence-corrected chi connectivity index (χ4v) is 3.08. The van der Waals surface area contributed by atoms with Gasteiger partial charge in [-0.3, -0.25) is 9.69 Å². The van der Waals surface area contributed by atoms with Crippen LogP contribution < -0.4 is 0 Å². The van der Waals surface area contributed by atoms with E-state index in [1.165, 1.54) is 12.5 Å². The van der Waals surface area contributed by atoms with Crippen LogP contribution in [0.5, 0.6) is 0 Å². The minimum atomic E-state index is -0.969. The van der Waals surface area contributed by atoms with Crippen LogP contribution in [0.3, 0.4) is 0 Å². The van der Waals surface area contributed by atoms with Crippen LogP contribution in [0.1, 0.15) is 37.6 Å². The Bertz CT molecular complexity index is 493. The van der Waals surface area contributed by atoms with Gasteiger partial charge in [-0.25, -0.2) is 8.78 Å². The first-order chi connectivity index (χ1) is 9.38. The molecule has 1 aliphatic rings. The molecule has 20 heavy (non-hydrogen) atoms. The predicted octanol–water partition coefficient (Wildman–Crippen LogP) is 3.51. The molecule has 0 amide bonds. The van der Waals surface area contributed by atoms with E-state index in [1.54, 1.807) is 0 Å². The molecule has 0 radical (unpaired) electrons. The number of rotatable bonds is 3. The van der Waals surface area contributed by atoms with Crippen molar-refractivity contribution in [2.75, 3.05) is 13.1 Å². The molecule has 1 aromatic carbocycles. The number of carbonyl (C=O) groups excluding carboxylic acids is 1. The topological polar surface area (TPSA) is 20.3 Å². The maximum absolute atomic E-state index is 13.2. The summed E-state index contributed by atoms with van der Waals surface area (Å²) in [5.74, 6) is -0.930. The van der Waals surface area contributed by atoms with Gasteiger partial charge in [0.15, 0.2) is 17.4 Å². The summed E-state index contributed by atoms with van der Waals surface area (Å²) in [5, 5.41) is 0. The van der Waals surface area contributed by atoms with Crippen molar-refractivity contribution >= 4 is 5.78 Å². The highest BCUT2D eigenvalue weighted by molar-refractivity contribution is 5.99. The van der Waals surface area contributed by atoms with Crippen LogP contribution in [-0.4, -0.2) is 29.8 Å². The maximum atomic E-state index is 13.2. The second-order valence-corrected chi connectivity index (χ2v) is 6.07. The van der Waals surface area contributed by atoms with Crippen LogP contribution in [-0.2, 0) is 0 Å². The Labute approximate surface area is 118 Å². The Morgan fingerprint density at radius 2 is 1.80 bits per heavy atom. The van der Waals surface area contributed by atoms with Crippen LogP contribution in [0.4, 0.5) is 8.78 Å². The van der Waals surface area contributed by atoms with Gasteiger partial charge in [-0.05, 0) is 43.4 Å². The van der Waals surface area contributed by atoms with E-state index in [0.29, 0.717) is 11.8 Å². The maximum Gasteiger partial charge on any atom is 0.179 e. The fourth-order valence-electron chi connectivity index (χ4n) is 3.08. The quantitative estimate of drug-likeness (QED) is 0.790. The second kappa shape index (κ2) is 6.00. The number of likely N-dealkylation sites (tertiary alicyclic amines) is 1. The Hall–Kier alpha value is -1.29. The lowest BCUT2D eigenvalue weighted by Gasteiger charge is -2.38. The highest BCUT2D eigenvalue weighted by Crippen LogP contribution is 2.24. The summed E-state index contributed by atoms with van der Waals surface area (Å²) in [6.45, 7) is 7.95. The van der Waals surface area contributed by atoms with Crippen LogP contribution in [0.15, 0.2) is 18.2 Å². The number of ketones is 1. The Morgan fingerprint density at radius 3 is 2.35 bits per heavy atom. The smallest absolute Gasteiger partial charge is 0.179 e. The molecule has 0 N–H and O–H groups in total. The van der Waals surface area contributed by atoms with Gasteiger partial charge in [0.1, 0.15) is 0 Å². The van der Waals surface area contributed by atoms with Crippen molar-refractivity contribution in [2.24, 2.45) is 11.8 Å². The largest absolute Gasteiger partial charge is 0.293 e. The zero-order valence-electron chi connectivity index (χ0n) is 12.2. The Kier molecular flexibility index (Phi) is 4.53. The van der Waals surface area contributed by atoms with Crippen molar-refractivity contribution in [3.8, 4) is 0 Å². The molecule has 1 aromatic rings. The molecule has 0 bridgehead atoms. The molecule has 1 aliphatic heterocycles. The standard InChI is InChI=1S/C16H21F2NO/c1-10-6-11(2)9-19(8-10)12(3)16(20)13-4-5-14(17)15(18)7-13/h4-5,7,10-12H,6,8-9H2,1-3H3. The van der Waals surface area contributed by atoms with E-state index in [2.05, 4.69) is 18.7 Å². The van der Waals surface area contributed by atoms with Crippen LogP contribution in [0.2, 0.25) is 0 Å². The number of hydrogen-bond donors (Lipinski definition) is 0. The third-order valence-corrected chi connectivity index (χ3v) is 4.03. The van der Waals surface area contributed by atoms with Crippen LogP contribution in [0, 0.1) is 23.5 Å². The average Bonchev–Trinajstić information content (AvgIpc) is 2.39. The minimum absolute atomic E-state index is 0.148. The number of benzene rings is 1. The molecular weight excluding hydrogens is 260 g/mol. The van der Waals surface area contributed by atoms with E-state index >= 15 is 0 Å². The fraction of sp³-hybridized carbons (Fsp3) is 0.562. The van der Waals surface area contributed by atoms with Crippen molar-refractivity contribution in [1.82, 2.24) is 4.90 Å². The normalized spacial score (nSPS) is 25.4. The lowest BCUT2D eigenvalue weighted by molar-refractivity contribution is 0.0686. The summed E-state index contributed by atoms with van der Waals surface area (Å²) in [6, 6.07) is 3.06. The highest BCUT2D eigenvalue weighted by Gasteiger charge is 2.29.